The first kappa shape index (κ1) is 23.3. The van der Waals surface area contributed by atoms with E-state index >= 15 is 0 Å². The third-order valence-electron chi connectivity index (χ3n) is 6.20. The number of benzene rings is 2. The van der Waals surface area contributed by atoms with Crippen LogP contribution in [0, 0.1) is 6.92 Å². The summed E-state index contributed by atoms with van der Waals surface area (Å²) in [5.74, 6) is 0.142. The highest BCUT2D eigenvalue weighted by Crippen LogP contribution is 2.37. The molecule has 3 N–H and O–H groups in total. The molecule has 0 saturated heterocycles. The summed E-state index contributed by atoms with van der Waals surface area (Å²) in [6.07, 6.45) is 0.406. The van der Waals surface area contributed by atoms with Gasteiger partial charge >= 0.3 is 0 Å². The average molecular weight is 468 g/mol. The Morgan fingerprint density at radius 1 is 1.21 bits per heavy atom. The summed E-state index contributed by atoms with van der Waals surface area (Å²) >= 11 is 6.61. The van der Waals surface area contributed by atoms with Crippen molar-refractivity contribution < 1.29 is 9.90 Å². The van der Waals surface area contributed by atoms with Gasteiger partial charge in [-0.15, -0.1) is 0 Å². The van der Waals surface area contributed by atoms with Crippen LogP contribution in [0.15, 0.2) is 36.4 Å². The Labute approximate surface area is 199 Å². The molecule has 0 aliphatic carbocycles. The standard InChI is InChI=1S/C25H30ClN5O2/c1-15(32)13-31-12-11-22-21(14-31)28-24(30(22)4)25(33)29-19-9-5-7-17(16(19)2)18-8-6-10-20(27-3)23(18)26/h5-10,15,27,32H,11-14H2,1-4H3,(H,29,33). The van der Waals surface area contributed by atoms with E-state index in [2.05, 4.69) is 20.5 Å². The summed E-state index contributed by atoms with van der Waals surface area (Å²) in [5.41, 5.74) is 6.35. The fourth-order valence-corrected chi connectivity index (χ4v) is 4.81. The molecule has 3 aromatic rings. The summed E-state index contributed by atoms with van der Waals surface area (Å²) in [6.45, 7) is 5.83. The van der Waals surface area contributed by atoms with Crippen LogP contribution in [0.2, 0.25) is 5.02 Å². The lowest BCUT2D eigenvalue weighted by Crippen LogP contribution is -2.36. The topological polar surface area (TPSA) is 82.4 Å². The van der Waals surface area contributed by atoms with E-state index in [-0.39, 0.29) is 5.91 Å². The van der Waals surface area contributed by atoms with E-state index in [1.54, 1.807) is 6.92 Å². The van der Waals surface area contributed by atoms with E-state index in [1.165, 1.54) is 0 Å². The zero-order valence-electron chi connectivity index (χ0n) is 19.4. The van der Waals surface area contributed by atoms with Crippen molar-refractivity contribution in [3.05, 3.63) is 64.2 Å². The molecule has 1 aliphatic heterocycles. The van der Waals surface area contributed by atoms with Crippen LogP contribution in [0.3, 0.4) is 0 Å². The first-order valence-corrected chi connectivity index (χ1v) is 11.5. The SMILES string of the molecule is CNc1cccc(-c2cccc(NC(=O)c3nc4c(n3C)CCN(CC(C)O)C4)c2C)c1Cl. The van der Waals surface area contributed by atoms with Gasteiger partial charge in [0.15, 0.2) is 5.82 Å². The first-order chi connectivity index (χ1) is 15.8. The highest BCUT2D eigenvalue weighted by Gasteiger charge is 2.26. The van der Waals surface area contributed by atoms with Crippen LogP contribution in [-0.4, -0.2) is 51.7 Å². The van der Waals surface area contributed by atoms with Crippen molar-refractivity contribution in [1.29, 1.82) is 0 Å². The van der Waals surface area contributed by atoms with Crippen LogP contribution in [0.25, 0.3) is 11.1 Å². The number of carbonyl (C=O) groups is 1. The maximum absolute atomic E-state index is 13.2. The number of amides is 1. The van der Waals surface area contributed by atoms with Crippen molar-refractivity contribution in [3.63, 3.8) is 0 Å². The molecule has 1 amide bonds. The minimum Gasteiger partial charge on any atom is -0.392 e. The molecular weight excluding hydrogens is 438 g/mol. The third-order valence-corrected chi connectivity index (χ3v) is 6.61. The number of fused-ring (bicyclic) bond motifs is 1. The molecule has 2 aromatic carbocycles. The fraction of sp³-hybridized carbons (Fsp3) is 0.360. The normalized spacial score (nSPS) is 14.6. The molecule has 0 bridgehead atoms. The molecular formula is C25H30ClN5O2. The lowest BCUT2D eigenvalue weighted by molar-refractivity contribution is 0.101. The summed E-state index contributed by atoms with van der Waals surface area (Å²) in [4.78, 5) is 20.0. The predicted molar refractivity (Wildman–Crippen MR) is 133 cm³/mol. The second-order valence-electron chi connectivity index (χ2n) is 8.57. The van der Waals surface area contributed by atoms with Crippen molar-refractivity contribution in [1.82, 2.24) is 14.5 Å². The van der Waals surface area contributed by atoms with Crippen LogP contribution in [0.5, 0.6) is 0 Å². The van der Waals surface area contributed by atoms with E-state index in [4.69, 9.17) is 11.6 Å². The van der Waals surface area contributed by atoms with E-state index in [1.807, 2.05) is 62.0 Å². The number of nitrogens with one attached hydrogen (secondary N) is 2. The lowest BCUT2D eigenvalue weighted by atomic mass is 9.98. The number of aromatic nitrogens is 2. The number of hydrogen-bond acceptors (Lipinski definition) is 5. The molecule has 4 rings (SSSR count). The van der Waals surface area contributed by atoms with Gasteiger partial charge < -0.3 is 20.3 Å². The number of aliphatic hydroxyl groups is 1. The van der Waals surface area contributed by atoms with Gasteiger partial charge in [0.05, 0.1) is 22.5 Å². The van der Waals surface area contributed by atoms with Crippen LogP contribution < -0.4 is 10.6 Å². The molecule has 7 nitrogen and oxygen atoms in total. The van der Waals surface area contributed by atoms with Crippen LogP contribution in [-0.2, 0) is 20.0 Å². The van der Waals surface area contributed by atoms with E-state index in [0.29, 0.717) is 23.9 Å². The number of rotatable bonds is 6. The molecule has 1 unspecified atom stereocenters. The monoisotopic (exact) mass is 467 g/mol. The van der Waals surface area contributed by atoms with Crippen molar-refractivity contribution in [2.75, 3.05) is 30.8 Å². The fourth-order valence-electron chi connectivity index (χ4n) is 4.49. The molecule has 8 heteroatoms. The second-order valence-corrected chi connectivity index (χ2v) is 8.95. The van der Waals surface area contributed by atoms with Crippen LogP contribution in [0.4, 0.5) is 11.4 Å². The number of nitrogens with zero attached hydrogens (tertiary/aromatic N) is 3. The van der Waals surface area contributed by atoms with E-state index in [9.17, 15) is 9.90 Å². The number of β-amino-alcohol motifs (C(OH)–C–C–N with tert-alkyl or cyclic N) is 1. The maximum Gasteiger partial charge on any atom is 0.291 e. The number of imidazole rings is 1. The van der Waals surface area contributed by atoms with Gasteiger partial charge in [-0.05, 0) is 37.1 Å². The smallest absolute Gasteiger partial charge is 0.291 e. The van der Waals surface area contributed by atoms with Crippen molar-refractivity contribution in [2.45, 2.75) is 32.9 Å². The highest BCUT2D eigenvalue weighted by molar-refractivity contribution is 6.36. The molecule has 0 spiro atoms. The molecule has 1 aliphatic rings. The van der Waals surface area contributed by atoms with Gasteiger partial charge in [-0.2, -0.15) is 0 Å². The summed E-state index contributed by atoms with van der Waals surface area (Å²) in [5, 5.41) is 16.5. The number of anilines is 2. The molecule has 0 fully saturated rings. The van der Waals surface area contributed by atoms with Gasteiger partial charge in [0.2, 0.25) is 0 Å². The first-order valence-electron chi connectivity index (χ1n) is 11.1. The molecule has 174 valence electrons. The summed E-state index contributed by atoms with van der Waals surface area (Å²) in [6, 6.07) is 11.7. The highest BCUT2D eigenvalue weighted by atomic mass is 35.5. The van der Waals surface area contributed by atoms with Gasteiger partial charge in [-0.1, -0.05) is 35.9 Å². The van der Waals surface area contributed by atoms with Crippen molar-refractivity contribution >= 4 is 28.9 Å². The molecule has 0 saturated carbocycles. The van der Waals surface area contributed by atoms with Crippen molar-refractivity contribution in [3.8, 4) is 11.1 Å². The van der Waals surface area contributed by atoms with Gasteiger partial charge in [0.1, 0.15) is 0 Å². The Hall–Kier alpha value is -2.87. The quantitative estimate of drug-likeness (QED) is 0.508. The Bertz CT molecular complexity index is 1190. The number of hydrogen-bond donors (Lipinski definition) is 3. The Morgan fingerprint density at radius 2 is 1.91 bits per heavy atom. The minimum atomic E-state index is -0.393. The van der Waals surface area contributed by atoms with Gasteiger partial charge in [0.25, 0.3) is 5.91 Å². The van der Waals surface area contributed by atoms with Crippen LogP contribution in [0.1, 0.15) is 34.5 Å². The second kappa shape index (κ2) is 9.55. The minimum absolute atomic E-state index is 0.246. The zero-order chi connectivity index (χ0) is 23.7. The van der Waals surface area contributed by atoms with Crippen molar-refractivity contribution in [2.24, 2.45) is 7.05 Å². The van der Waals surface area contributed by atoms with E-state index in [0.717, 1.165) is 52.4 Å². The Balaban J connectivity index is 1.60. The molecule has 33 heavy (non-hydrogen) atoms. The summed E-state index contributed by atoms with van der Waals surface area (Å²) < 4.78 is 1.89. The van der Waals surface area contributed by atoms with Gasteiger partial charge in [-0.25, -0.2) is 4.98 Å². The summed E-state index contributed by atoms with van der Waals surface area (Å²) in [7, 11) is 3.72. The predicted octanol–water partition coefficient (Wildman–Crippen LogP) is 4.08. The molecule has 2 heterocycles. The maximum atomic E-state index is 13.2. The molecule has 0 radical (unpaired) electrons. The average Bonchev–Trinajstić information content (AvgIpc) is 3.11. The van der Waals surface area contributed by atoms with Gasteiger partial charge in [0, 0.05) is 57.1 Å². The number of aliphatic hydroxyl groups excluding tert-OH is 1. The van der Waals surface area contributed by atoms with Crippen LogP contribution >= 0.6 is 11.6 Å². The zero-order valence-corrected chi connectivity index (χ0v) is 20.2. The molecule has 1 aromatic heterocycles. The van der Waals surface area contributed by atoms with Gasteiger partial charge in [-0.3, -0.25) is 9.69 Å². The lowest BCUT2D eigenvalue weighted by Gasteiger charge is -2.27. The van der Waals surface area contributed by atoms with E-state index < -0.39 is 6.10 Å². The third kappa shape index (κ3) is 4.62. The number of carbonyl (C=O) groups excluding carboxylic acids is 1. The largest absolute Gasteiger partial charge is 0.392 e. The molecule has 1 atom stereocenters. The number of halogens is 1. The Kier molecular flexibility index (Phi) is 6.74. The Morgan fingerprint density at radius 3 is 2.61 bits per heavy atom.